The predicted octanol–water partition coefficient (Wildman–Crippen LogP) is 1.83. The predicted molar refractivity (Wildman–Crippen MR) is 79.0 cm³/mol. The Morgan fingerprint density at radius 1 is 1.25 bits per heavy atom. The van der Waals surface area contributed by atoms with Gasteiger partial charge in [-0.05, 0) is 43.9 Å². The van der Waals surface area contributed by atoms with E-state index in [4.69, 9.17) is 9.47 Å². The topological polar surface area (TPSA) is 50.7 Å². The fourth-order valence-corrected chi connectivity index (χ4v) is 1.89. The molecule has 0 aliphatic heterocycles. The summed E-state index contributed by atoms with van der Waals surface area (Å²) in [6.07, 6.45) is 3.08. The Morgan fingerprint density at radius 2 is 2.05 bits per heavy atom. The summed E-state index contributed by atoms with van der Waals surface area (Å²) in [5, 5.41) is 12.9. The van der Waals surface area contributed by atoms with Gasteiger partial charge in [0.2, 0.25) is 0 Å². The largest absolute Gasteiger partial charge is 0.494 e. The Labute approximate surface area is 121 Å². The second-order valence-corrected chi connectivity index (χ2v) is 5.35. The molecule has 1 saturated carbocycles. The van der Waals surface area contributed by atoms with E-state index in [0.29, 0.717) is 19.8 Å². The maximum absolute atomic E-state index is 9.70. The highest BCUT2D eigenvalue weighted by Crippen LogP contribution is 2.28. The lowest BCUT2D eigenvalue weighted by Gasteiger charge is -2.12. The van der Waals surface area contributed by atoms with E-state index >= 15 is 0 Å². The molecule has 0 radical (unpaired) electrons. The maximum atomic E-state index is 9.70. The van der Waals surface area contributed by atoms with Crippen LogP contribution in [0, 0.1) is 5.92 Å². The molecule has 1 fully saturated rings. The SMILES string of the molecule is OC(CNCCCOc1ccccc1)COCC1CC1. The zero-order chi connectivity index (χ0) is 14.0. The molecule has 1 aliphatic carbocycles. The van der Waals surface area contributed by atoms with Crippen molar-refractivity contribution in [2.45, 2.75) is 25.4 Å². The molecule has 0 amide bonds. The van der Waals surface area contributed by atoms with E-state index in [0.717, 1.165) is 31.2 Å². The molecule has 4 heteroatoms. The van der Waals surface area contributed by atoms with Crippen molar-refractivity contribution in [3.8, 4) is 5.75 Å². The first-order chi connectivity index (χ1) is 9.84. The smallest absolute Gasteiger partial charge is 0.119 e. The molecule has 1 aromatic carbocycles. The van der Waals surface area contributed by atoms with Gasteiger partial charge in [-0.1, -0.05) is 18.2 Å². The lowest BCUT2D eigenvalue weighted by atomic mass is 10.3. The van der Waals surface area contributed by atoms with Crippen LogP contribution in [0.5, 0.6) is 5.75 Å². The molecule has 0 saturated heterocycles. The third-order valence-corrected chi connectivity index (χ3v) is 3.25. The summed E-state index contributed by atoms with van der Waals surface area (Å²) >= 11 is 0. The average molecular weight is 279 g/mol. The highest BCUT2D eigenvalue weighted by Gasteiger charge is 2.21. The first-order valence-electron chi connectivity index (χ1n) is 7.49. The number of aliphatic hydroxyl groups excluding tert-OH is 1. The minimum absolute atomic E-state index is 0.413. The van der Waals surface area contributed by atoms with Crippen molar-refractivity contribution >= 4 is 0 Å². The molecular formula is C16H25NO3. The second kappa shape index (κ2) is 8.95. The van der Waals surface area contributed by atoms with Crippen molar-refractivity contribution in [2.75, 3.05) is 32.9 Å². The summed E-state index contributed by atoms with van der Waals surface area (Å²) in [5.41, 5.74) is 0. The van der Waals surface area contributed by atoms with Gasteiger partial charge in [-0.25, -0.2) is 0 Å². The fraction of sp³-hybridized carbons (Fsp3) is 0.625. The van der Waals surface area contributed by atoms with Crippen LogP contribution >= 0.6 is 0 Å². The molecule has 2 N–H and O–H groups in total. The maximum Gasteiger partial charge on any atom is 0.119 e. The lowest BCUT2D eigenvalue weighted by Crippen LogP contribution is -2.31. The van der Waals surface area contributed by atoms with Crippen LogP contribution in [0.1, 0.15) is 19.3 Å². The van der Waals surface area contributed by atoms with Crippen molar-refractivity contribution in [1.29, 1.82) is 0 Å². The van der Waals surface area contributed by atoms with Crippen molar-refractivity contribution in [3.63, 3.8) is 0 Å². The van der Waals surface area contributed by atoms with Crippen LogP contribution in [0.15, 0.2) is 30.3 Å². The standard InChI is InChI=1S/C16H25NO3/c18-15(13-19-12-14-7-8-14)11-17-9-4-10-20-16-5-2-1-3-6-16/h1-3,5-6,14-15,17-18H,4,7-13H2. The van der Waals surface area contributed by atoms with Crippen LogP contribution in [0.3, 0.4) is 0 Å². The summed E-state index contributed by atoms with van der Waals surface area (Å²) in [6, 6.07) is 9.81. The minimum atomic E-state index is -0.413. The van der Waals surface area contributed by atoms with E-state index in [2.05, 4.69) is 5.32 Å². The molecule has 20 heavy (non-hydrogen) atoms. The molecule has 1 aromatic rings. The minimum Gasteiger partial charge on any atom is -0.494 e. The van der Waals surface area contributed by atoms with Gasteiger partial charge in [0.05, 0.1) is 19.3 Å². The number of aliphatic hydroxyl groups is 1. The summed E-state index contributed by atoms with van der Waals surface area (Å²) in [4.78, 5) is 0. The number of benzene rings is 1. The summed E-state index contributed by atoms with van der Waals surface area (Å²) in [7, 11) is 0. The second-order valence-electron chi connectivity index (χ2n) is 5.35. The van der Waals surface area contributed by atoms with Gasteiger partial charge in [-0.2, -0.15) is 0 Å². The number of para-hydroxylation sites is 1. The van der Waals surface area contributed by atoms with Crippen molar-refractivity contribution in [3.05, 3.63) is 30.3 Å². The molecule has 1 atom stereocenters. The van der Waals surface area contributed by atoms with Crippen LogP contribution in [0.4, 0.5) is 0 Å². The van der Waals surface area contributed by atoms with E-state index in [9.17, 15) is 5.11 Å². The van der Waals surface area contributed by atoms with Crippen molar-refractivity contribution in [1.82, 2.24) is 5.32 Å². The van der Waals surface area contributed by atoms with Gasteiger partial charge >= 0.3 is 0 Å². The van der Waals surface area contributed by atoms with Crippen LogP contribution < -0.4 is 10.1 Å². The number of ether oxygens (including phenoxy) is 2. The summed E-state index contributed by atoms with van der Waals surface area (Å²) in [5.74, 6) is 1.66. The molecular weight excluding hydrogens is 254 g/mol. The van der Waals surface area contributed by atoms with Gasteiger partial charge in [0, 0.05) is 13.2 Å². The van der Waals surface area contributed by atoms with Crippen molar-refractivity contribution < 1.29 is 14.6 Å². The average Bonchev–Trinajstić information content (AvgIpc) is 3.28. The summed E-state index contributed by atoms with van der Waals surface area (Å²) < 4.78 is 11.0. The van der Waals surface area contributed by atoms with Gasteiger partial charge in [0.15, 0.2) is 0 Å². The Kier molecular flexibility index (Phi) is 6.84. The molecule has 2 rings (SSSR count). The summed E-state index contributed by atoms with van der Waals surface area (Å²) in [6.45, 7) is 3.35. The molecule has 0 aromatic heterocycles. The Morgan fingerprint density at radius 3 is 2.80 bits per heavy atom. The highest BCUT2D eigenvalue weighted by atomic mass is 16.5. The molecule has 0 bridgehead atoms. The Bertz CT molecular complexity index is 354. The van der Waals surface area contributed by atoms with E-state index in [-0.39, 0.29) is 0 Å². The van der Waals surface area contributed by atoms with E-state index in [1.54, 1.807) is 0 Å². The van der Waals surface area contributed by atoms with Gasteiger partial charge in [-0.15, -0.1) is 0 Å². The lowest BCUT2D eigenvalue weighted by molar-refractivity contribution is 0.0325. The molecule has 0 spiro atoms. The molecule has 1 aliphatic rings. The van der Waals surface area contributed by atoms with Crippen LogP contribution in [0.25, 0.3) is 0 Å². The molecule has 4 nitrogen and oxygen atoms in total. The Hall–Kier alpha value is -1.10. The van der Waals surface area contributed by atoms with Gasteiger partial charge in [0.25, 0.3) is 0 Å². The van der Waals surface area contributed by atoms with Crippen LogP contribution in [-0.2, 0) is 4.74 Å². The zero-order valence-electron chi connectivity index (χ0n) is 12.0. The van der Waals surface area contributed by atoms with Crippen LogP contribution in [0.2, 0.25) is 0 Å². The molecule has 0 heterocycles. The normalized spacial score (nSPS) is 16.1. The van der Waals surface area contributed by atoms with Gasteiger partial charge in [-0.3, -0.25) is 0 Å². The van der Waals surface area contributed by atoms with Gasteiger partial charge < -0.3 is 19.9 Å². The van der Waals surface area contributed by atoms with E-state index in [1.807, 2.05) is 30.3 Å². The van der Waals surface area contributed by atoms with E-state index in [1.165, 1.54) is 12.8 Å². The first kappa shape index (κ1) is 15.3. The number of hydrogen-bond acceptors (Lipinski definition) is 4. The first-order valence-corrected chi connectivity index (χ1v) is 7.49. The molecule has 112 valence electrons. The highest BCUT2D eigenvalue weighted by molar-refractivity contribution is 5.20. The Balaban J connectivity index is 1.39. The monoisotopic (exact) mass is 279 g/mol. The van der Waals surface area contributed by atoms with Crippen molar-refractivity contribution in [2.24, 2.45) is 5.92 Å². The third-order valence-electron chi connectivity index (χ3n) is 3.25. The number of rotatable bonds is 11. The number of hydrogen-bond donors (Lipinski definition) is 2. The van der Waals surface area contributed by atoms with Gasteiger partial charge in [0.1, 0.15) is 5.75 Å². The van der Waals surface area contributed by atoms with Crippen LogP contribution in [-0.4, -0.2) is 44.1 Å². The molecule has 1 unspecified atom stereocenters. The quantitative estimate of drug-likeness (QED) is 0.607. The number of nitrogens with one attached hydrogen (secondary N) is 1. The fourth-order valence-electron chi connectivity index (χ4n) is 1.89. The van der Waals surface area contributed by atoms with E-state index < -0.39 is 6.10 Å². The zero-order valence-corrected chi connectivity index (χ0v) is 12.0. The third kappa shape index (κ3) is 6.89.